The molecule has 130 valence electrons. The van der Waals surface area contributed by atoms with Gasteiger partial charge in [0, 0.05) is 39.5 Å². The lowest BCUT2D eigenvalue weighted by molar-refractivity contribution is -0.136. The molecule has 1 aromatic carbocycles. The van der Waals surface area contributed by atoms with Gasteiger partial charge in [-0.1, -0.05) is 30.3 Å². The Morgan fingerprint density at radius 3 is 2.76 bits per heavy atom. The Morgan fingerprint density at radius 2 is 2.04 bits per heavy atom. The monoisotopic (exact) mass is 337 g/mol. The van der Waals surface area contributed by atoms with E-state index in [1.165, 1.54) is 5.56 Å². The molecule has 2 aromatic rings. The van der Waals surface area contributed by atoms with Gasteiger partial charge in [0.2, 0.25) is 11.8 Å². The average Bonchev–Trinajstić information content (AvgIpc) is 2.62. The van der Waals surface area contributed by atoms with Crippen molar-refractivity contribution in [3.05, 3.63) is 65.5 Å². The molecule has 0 N–H and O–H groups in total. The molecule has 1 aromatic heterocycles. The molecule has 0 bridgehead atoms. The van der Waals surface area contributed by atoms with E-state index in [9.17, 15) is 9.59 Å². The standard InChI is InChI=1S/C20H23N3O2/c1-15(24)23-11-9-17-7-3-4-8-18(17)19(23)12-20(25)22(2)14-16-6-5-10-21-13-16/h3-8,10,13,19H,9,11-12,14H2,1-2H3/t19-/m0/s1. The number of rotatable bonds is 4. The van der Waals surface area contributed by atoms with Crippen LogP contribution in [0, 0.1) is 0 Å². The highest BCUT2D eigenvalue weighted by atomic mass is 16.2. The van der Waals surface area contributed by atoms with Crippen LogP contribution in [0.3, 0.4) is 0 Å². The van der Waals surface area contributed by atoms with Gasteiger partial charge in [0.15, 0.2) is 0 Å². The number of benzene rings is 1. The molecule has 0 saturated carbocycles. The molecule has 5 nitrogen and oxygen atoms in total. The maximum Gasteiger partial charge on any atom is 0.225 e. The maximum absolute atomic E-state index is 12.8. The van der Waals surface area contributed by atoms with Crippen LogP contribution in [0.2, 0.25) is 0 Å². The van der Waals surface area contributed by atoms with Crippen molar-refractivity contribution in [3.63, 3.8) is 0 Å². The minimum absolute atomic E-state index is 0.0159. The van der Waals surface area contributed by atoms with E-state index >= 15 is 0 Å². The minimum atomic E-state index is -0.189. The molecule has 0 fully saturated rings. The van der Waals surface area contributed by atoms with E-state index in [-0.39, 0.29) is 17.9 Å². The van der Waals surface area contributed by atoms with Gasteiger partial charge in [0.1, 0.15) is 0 Å². The van der Waals surface area contributed by atoms with Crippen LogP contribution in [0.1, 0.15) is 36.1 Å². The van der Waals surface area contributed by atoms with Crippen LogP contribution in [0.4, 0.5) is 0 Å². The Hall–Kier alpha value is -2.69. The van der Waals surface area contributed by atoms with E-state index in [1.807, 2.05) is 35.2 Å². The van der Waals surface area contributed by atoms with Gasteiger partial charge in [0.25, 0.3) is 0 Å². The van der Waals surface area contributed by atoms with Gasteiger partial charge >= 0.3 is 0 Å². The third kappa shape index (κ3) is 3.87. The van der Waals surface area contributed by atoms with Gasteiger partial charge in [-0.05, 0) is 29.2 Å². The van der Waals surface area contributed by atoms with Crippen molar-refractivity contribution in [2.45, 2.75) is 32.4 Å². The fourth-order valence-corrected chi connectivity index (χ4v) is 3.42. The highest BCUT2D eigenvalue weighted by Crippen LogP contribution is 2.32. The molecule has 1 aliphatic heterocycles. The van der Waals surface area contributed by atoms with Crippen molar-refractivity contribution in [2.75, 3.05) is 13.6 Å². The summed E-state index contributed by atoms with van der Waals surface area (Å²) in [6.07, 6.45) is 4.62. The maximum atomic E-state index is 12.8. The highest BCUT2D eigenvalue weighted by Gasteiger charge is 2.31. The second kappa shape index (κ2) is 7.47. The zero-order chi connectivity index (χ0) is 17.8. The first-order chi connectivity index (χ1) is 12.1. The molecular formula is C20H23N3O2. The van der Waals surface area contributed by atoms with Gasteiger partial charge in [-0.2, -0.15) is 0 Å². The van der Waals surface area contributed by atoms with E-state index in [1.54, 1.807) is 31.3 Å². The average molecular weight is 337 g/mol. The van der Waals surface area contributed by atoms with Crippen molar-refractivity contribution in [1.82, 2.24) is 14.8 Å². The molecule has 25 heavy (non-hydrogen) atoms. The molecule has 0 saturated heterocycles. The Bertz CT molecular complexity index is 761. The summed E-state index contributed by atoms with van der Waals surface area (Å²) >= 11 is 0. The van der Waals surface area contributed by atoms with Gasteiger partial charge in [-0.25, -0.2) is 0 Å². The Labute approximate surface area is 148 Å². The molecule has 0 spiro atoms. The molecule has 0 aliphatic carbocycles. The third-order valence-electron chi connectivity index (χ3n) is 4.75. The number of nitrogens with zero attached hydrogens (tertiary/aromatic N) is 3. The normalized spacial score (nSPS) is 16.2. The number of pyridine rings is 1. The number of hydrogen-bond donors (Lipinski definition) is 0. The molecule has 2 amide bonds. The first-order valence-corrected chi connectivity index (χ1v) is 8.54. The Kier molecular flexibility index (Phi) is 5.12. The van der Waals surface area contributed by atoms with E-state index in [0.29, 0.717) is 19.5 Å². The molecule has 2 heterocycles. The molecule has 1 atom stereocenters. The molecule has 3 rings (SSSR count). The summed E-state index contributed by atoms with van der Waals surface area (Å²) in [6.45, 7) is 2.75. The van der Waals surface area contributed by atoms with Crippen LogP contribution in [-0.2, 0) is 22.6 Å². The predicted octanol–water partition coefficient (Wildman–Crippen LogP) is 2.58. The quantitative estimate of drug-likeness (QED) is 0.862. The first-order valence-electron chi connectivity index (χ1n) is 8.54. The SMILES string of the molecule is CC(=O)N1CCc2ccccc2[C@@H]1CC(=O)N(C)Cc1cccnc1. The second-order valence-electron chi connectivity index (χ2n) is 6.49. The first kappa shape index (κ1) is 17.1. The van der Waals surface area contributed by atoms with E-state index in [4.69, 9.17) is 0 Å². The summed E-state index contributed by atoms with van der Waals surface area (Å²) in [5.74, 6) is 0.0408. The fourth-order valence-electron chi connectivity index (χ4n) is 3.42. The zero-order valence-electron chi connectivity index (χ0n) is 14.7. The molecule has 5 heteroatoms. The van der Waals surface area contributed by atoms with Crippen molar-refractivity contribution < 1.29 is 9.59 Å². The lowest BCUT2D eigenvalue weighted by Gasteiger charge is -2.37. The largest absolute Gasteiger partial charge is 0.341 e. The minimum Gasteiger partial charge on any atom is -0.341 e. The van der Waals surface area contributed by atoms with Gasteiger partial charge in [-0.15, -0.1) is 0 Å². The van der Waals surface area contributed by atoms with E-state index in [2.05, 4.69) is 11.1 Å². The summed E-state index contributed by atoms with van der Waals surface area (Å²) in [5, 5.41) is 0. The number of carbonyl (C=O) groups excluding carboxylic acids is 2. The fraction of sp³-hybridized carbons (Fsp3) is 0.350. The number of hydrogen-bond acceptors (Lipinski definition) is 3. The smallest absolute Gasteiger partial charge is 0.225 e. The van der Waals surface area contributed by atoms with Crippen molar-refractivity contribution >= 4 is 11.8 Å². The molecular weight excluding hydrogens is 314 g/mol. The molecule has 1 aliphatic rings. The van der Waals surface area contributed by atoms with Gasteiger partial charge < -0.3 is 9.80 Å². The number of fused-ring (bicyclic) bond motifs is 1. The van der Waals surface area contributed by atoms with Crippen LogP contribution in [-0.4, -0.2) is 40.2 Å². The van der Waals surface area contributed by atoms with Crippen molar-refractivity contribution in [2.24, 2.45) is 0 Å². The number of aromatic nitrogens is 1. The van der Waals surface area contributed by atoms with Crippen LogP contribution in [0.25, 0.3) is 0 Å². The lowest BCUT2D eigenvalue weighted by atomic mass is 9.90. The lowest BCUT2D eigenvalue weighted by Crippen LogP contribution is -2.41. The highest BCUT2D eigenvalue weighted by molar-refractivity contribution is 5.79. The van der Waals surface area contributed by atoms with Crippen molar-refractivity contribution in [3.8, 4) is 0 Å². The summed E-state index contributed by atoms with van der Waals surface area (Å²) < 4.78 is 0. The van der Waals surface area contributed by atoms with Gasteiger partial charge in [0.05, 0.1) is 12.5 Å². The van der Waals surface area contributed by atoms with Crippen LogP contribution < -0.4 is 0 Å². The molecule has 0 radical (unpaired) electrons. The topological polar surface area (TPSA) is 53.5 Å². The van der Waals surface area contributed by atoms with Crippen LogP contribution in [0.15, 0.2) is 48.8 Å². The van der Waals surface area contributed by atoms with Crippen LogP contribution in [0.5, 0.6) is 0 Å². The second-order valence-corrected chi connectivity index (χ2v) is 6.49. The molecule has 0 unspecified atom stereocenters. The van der Waals surface area contributed by atoms with E-state index < -0.39 is 0 Å². The Balaban J connectivity index is 1.76. The van der Waals surface area contributed by atoms with Crippen LogP contribution >= 0.6 is 0 Å². The zero-order valence-corrected chi connectivity index (χ0v) is 14.7. The third-order valence-corrected chi connectivity index (χ3v) is 4.75. The summed E-state index contributed by atoms with van der Waals surface area (Å²) in [6, 6.07) is 11.7. The summed E-state index contributed by atoms with van der Waals surface area (Å²) in [4.78, 5) is 32.4. The van der Waals surface area contributed by atoms with E-state index in [0.717, 1.165) is 17.5 Å². The number of carbonyl (C=O) groups is 2. The number of amides is 2. The van der Waals surface area contributed by atoms with Crippen molar-refractivity contribution in [1.29, 1.82) is 0 Å². The van der Waals surface area contributed by atoms with Gasteiger partial charge in [-0.3, -0.25) is 14.6 Å². The summed E-state index contributed by atoms with van der Waals surface area (Å²) in [7, 11) is 1.79. The summed E-state index contributed by atoms with van der Waals surface area (Å²) in [5.41, 5.74) is 3.31. The predicted molar refractivity (Wildman–Crippen MR) is 95.6 cm³/mol. The Morgan fingerprint density at radius 1 is 1.24 bits per heavy atom.